The van der Waals surface area contributed by atoms with Gasteiger partial charge < -0.3 is 36.8 Å². The van der Waals surface area contributed by atoms with Gasteiger partial charge in [0.15, 0.2) is 5.96 Å². The molecule has 0 aromatic carbocycles. The number of nitrogens with one attached hydrogen (secondary N) is 2. The first-order chi connectivity index (χ1) is 15.4. The van der Waals surface area contributed by atoms with Crippen molar-refractivity contribution in [3.05, 3.63) is 0 Å². The smallest absolute Gasteiger partial charge is 0.328 e. The van der Waals surface area contributed by atoms with Crippen LogP contribution in [0.3, 0.4) is 0 Å². The van der Waals surface area contributed by atoms with Gasteiger partial charge in [0, 0.05) is 20.0 Å². The third-order valence-corrected chi connectivity index (χ3v) is 4.60. The van der Waals surface area contributed by atoms with E-state index in [2.05, 4.69) is 20.4 Å². The summed E-state index contributed by atoms with van der Waals surface area (Å²) >= 11 is 0. The van der Waals surface area contributed by atoms with Crippen LogP contribution in [-0.4, -0.2) is 85.0 Å². The fraction of sp³-hybridized carbons (Fsp3) is 0.700. The van der Waals surface area contributed by atoms with Gasteiger partial charge in [-0.05, 0) is 18.8 Å². The lowest BCUT2D eigenvalue weighted by atomic mass is 10.0. The summed E-state index contributed by atoms with van der Waals surface area (Å²) in [6, 6.07) is -2.44. The number of aliphatic carboxylic acids is 1. The molecule has 13 heteroatoms. The van der Waals surface area contributed by atoms with Gasteiger partial charge in [0.1, 0.15) is 12.1 Å². The number of ether oxygens (including phenoxy) is 1. The Bertz CT molecular complexity index is 722. The number of carbonyl (C=O) groups is 5. The molecule has 188 valence electrons. The highest BCUT2D eigenvalue weighted by Crippen LogP contribution is 2.06. The van der Waals surface area contributed by atoms with E-state index < -0.39 is 42.3 Å². The molecule has 0 unspecified atom stereocenters. The number of carboxylic acids is 1. The van der Waals surface area contributed by atoms with Crippen LogP contribution >= 0.6 is 0 Å². The lowest BCUT2D eigenvalue weighted by molar-refractivity contribution is -0.147. The number of hydrogen-bond acceptors (Lipinski definition) is 7. The summed E-state index contributed by atoms with van der Waals surface area (Å²) in [5.74, 6) is -4.16. The topological polar surface area (TPSA) is 207 Å². The molecule has 0 spiro atoms. The minimum Gasteiger partial charge on any atom is -0.481 e. The molecule has 0 aliphatic rings. The number of nitrogens with two attached hydrogens (primary N) is 2. The number of likely N-dealkylation sites (N-methyl/N-ethyl adjacent to an activating group) is 1. The molecular formula is C20H36N6O7. The van der Waals surface area contributed by atoms with E-state index in [4.69, 9.17) is 16.6 Å². The Morgan fingerprint density at radius 3 is 2.21 bits per heavy atom. The lowest BCUT2D eigenvalue weighted by Crippen LogP contribution is -2.55. The minimum absolute atomic E-state index is 0.0109. The van der Waals surface area contributed by atoms with Crippen LogP contribution in [-0.2, 0) is 28.7 Å². The van der Waals surface area contributed by atoms with Gasteiger partial charge in [0.25, 0.3) is 0 Å². The van der Waals surface area contributed by atoms with Gasteiger partial charge in [-0.1, -0.05) is 20.3 Å². The van der Waals surface area contributed by atoms with Crippen molar-refractivity contribution in [2.45, 2.75) is 58.0 Å². The Balaban J connectivity index is 4.80. The van der Waals surface area contributed by atoms with Crippen molar-refractivity contribution in [1.82, 2.24) is 15.5 Å². The Morgan fingerprint density at radius 1 is 1.06 bits per heavy atom. The average molecular weight is 473 g/mol. The second kappa shape index (κ2) is 15.4. The Hall–Kier alpha value is -3.38. The fourth-order valence-corrected chi connectivity index (χ4v) is 2.77. The van der Waals surface area contributed by atoms with E-state index >= 15 is 0 Å². The van der Waals surface area contributed by atoms with Crippen LogP contribution < -0.4 is 22.1 Å². The van der Waals surface area contributed by atoms with Crippen LogP contribution in [0.25, 0.3) is 0 Å². The maximum absolute atomic E-state index is 12.5. The SMILES string of the molecule is COC(=O)[C@@H](NC(=O)[C@H](CC(=O)O)NC(=O)CN(C)C(=O)CCCCCN=C(N)N)C(C)C. The standard InChI is InChI=1S/C20H36N6O7/c1-12(2)17(19(32)33-4)25-18(31)13(10-16(29)30)24-14(27)11-26(3)15(28)8-6-5-7-9-23-20(21)22/h12-13,17H,5-11H2,1-4H3,(H,24,27)(H,25,31)(H,29,30)(H4,21,22,23)/t13-,17-/m0/s1. The molecule has 2 atom stereocenters. The minimum atomic E-state index is -1.43. The quantitative estimate of drug-likeness (QED) is 0.0816. The zero-order chi connectivity index (χ0) is 25.6. The summed E-state index contributed by atoms with van der Waals surface area (Å²) in [6.07, 6.45) is 1.53. The zero-order valence-electron chi connectivity index (χ0n) is 19.6. The van der Waals surface area contributed by atoms with Gasteiger partial charge in [0.2, 0.25) is 17.7 Å². The highest BCUT2D eigenvalue weighted by molar-refractivity contribution is 5.94. The number of esters is 1. The molecule has 3 amide bonds. The Kier molecular flexibility index (Phi) is 13.8. The molecule has 0 rings (SSSR count). The van der Waals surface area contributed by atoms with Crippen LogP contribution in [0.2, 0.25) is 0 Å². The van der Waals surface area contributed by atoms with E-state index in [9.17, 15) is 24.0 Å². The van der Waals surface area contributed by atoms with Gasteiger partial charge in [-0.25, -0.2) is 4.79 Å². The third-order valence-electron chi connectivity index (χ3n) is 4.60. The first-order valence-corrected chi connectivity index (χ1v) is 10.6. The van der Waals surface area contributed by atoms with Crippen LogP contribution in [0.4, 0.5) is 0 Å². The van der Waals surface area contributed by atoms with Crippen LogP contribution in [0.1, 0.15) is 46.0 Å². The van der Waals surface area contributed by atoms with Gasteiger partial charge >= 0.3 is 11.9 Å². The van der Waals surface area contributed by atoms with Gasteiger partial charge in [0.05, 0.1) is 20.1 Å². The van der Waals surface area contributed by atoms with E-state index in [0.717, 1.165) is 13.5 Å². The molecule has 0 bridgehead atoms. The second-order valence-corrected chi connectivity index (χ2v) is 7.84. The largest absolute Gasteiger partial charge is 0.481 e. The number of nitrogens with zero attached hydrogens (tertiary/aromatic N) is 2. The summed E-state index contributed by atoms with van der Waals surface area (Å²) in [5.41, 5.74) is 10.5. The van der Waals surface area contributed by atoms with Crippen molar-refractivity contribution in [2.75, 3.05) is 27.2 Å². The van der Waals surface area contributed by atoms with Crippen LogP contribution in [0, 0.1) is 5.92 Å². The number of rotatable bonds is 15. The third kappa shape index (κ3) is 12.9. The monoisotopic (exact) mass is 472 g/mol. The molecule has 33 heavy (non-hydrogen) atoms. The first-order valence-electron chi connectivity index (χ1n) is 10.6. The molecule has 0 radical (unpaired) electrons. The number of guanidine groups is 1. The number of hydrogen-bond donors (Lipinski definition) is 5. The van der Waals surface area contributed by atoms with Gasteiger partial charge in [-0.3, -0.25) is 24.2 Å². The molecule has 0 aliphatic heterocycles. The molecule has 0 aromatic heterocycles. The molecule has 13 nitrogen and oxygen atoms in total. The Morgan fingerprint density at radius 2 is 1.70 bits per heavy atom. The highest BCUT2D eigenvalue weighted by atomic mass is 16.5. The molecule has 0 saturated carbocycles. The van der Waals surface area contributed by atoms with Crippen LogP contribution in [0.15, 0.2) is 4.99 Å². The average Bonchev–Trinajstić information content (AvgIpc) is 2.72. The van der Waals surface area contributed by atoms with Crippen LogP contribution in [0.5, 0.6) is 0 Å². The van der Waals surface area contributed by atoms with Crippen molar-refractivity contribution in [3.63, 3.8) is 0 Å². The summed E-state index contributed by atoms with van der Waals surface area (Å²) in [4.78, 5) is 65.1. The first kappa shape index (κ1) is 29.6. The highest BCUT2D eigenvalue weighted by Gasteiger charge is 2.30. The number of aliphatic imine (C=N–C) groups is 1. The Labute approximate surface area is 193 Å². The number of amides is 3. The number of carboxylic acid groups (broad SMARTS) is 1. The van der Waals surface area contributed by atoms with E-state index in [1.165, 1.54) is 11.9 Å². The maximum Gasteiger partial charge on any atom is 0.328 e. The molecule has 0 aromatic rings. The normalized spacial score (nSPS) is 12.3. The maximum atomic E-state index is 12.5. The van der Waals surface area contributed by atoms with Crippen molar-refractivity contribution >= 4 is 35.6 Å². The predicted octanol–water partition coefficient (Wildman–Crippen LogP) is -1.45. The van der Waals surface area contributed by atoms with Gasteiger partial charge in [-0.2, -0.15) is 0 Å². The van der Waals surface area contributed by atoms with E-state index in [1.807, 2.05) is 0 Å². The lowest BCUT2D eigenvalue weighted by Gasteiger charge is -2.24. The predicted molar refractivity (Wildman–Crippen MR) is 120 cm³/mol. The molecular weight excluding hydrogens is 436 g/mol. The zero-order valence-corrected chi connectivity index (χ0v) is 19.6. The van der Waals surface area contributed by atoms with Crippen molar-refractivity contribution in [3.8, 4) is 0 Å². The summed E-state index contributed by atoms with van der Waals surface area (Å²) in [7, 11) is 2.59. The summed E-state index contributed by atoms with van der Waals surface area (Å²) in [6.45, 7) is 3.46. The summed E-state index contributed by atoms with van der Waals surface area (Å²) < 4.78 is 4.64. The number of methoxy groups -OCH3 is 1. The molecule has 7 N–H and O–H groups in total. The number of carbonyl (C=O) groups excluding carboxylic acids is 4. The van der Waals surface area contributed by atoms with E-state index in [1.54, 1.807) is 13.8 Å². The molecule has 0 saturated heterocycles. The van der Waals surface area contributed by atoms with E-state index in [0.29, 0.717) is 19.4 Å². The molecule has 0 heterocycles. The molecule has 0 aliphatic carbocycles. The van der Waals surface area contributed by atoms with Crippen molar-refractivity contribution < 1.29 is 33.8 Å². The second-order valence-electron chi connectivity index (χ2n) is 7.84. The fourth-order valence-electron chi connectivity index (χ4n) is 2.77. The van der Waals surface area contributed by atoms with Crippen molar-refractivity contribution in [1.29, 1.82) is 0 Å². The summed E-state index contributed by atoms with van der Waals surface area (Å²) in [5, 5.41) is 13.8. The van der Waals surface area contributed by atoms with Crippen molar-refractivity contribution in [2.24, 2.45) is 22.4 Å². The van der Waals surface area contributed by atoms with E-state index in [-0.39, 0.29) is 30.8 Å². The number of unbranched alkanes of at least 4 members (excludes halogenated alkanes) is 2. The molecule has 0 fully saturated rings. The van der Waals surface area contributed by atoms with Gasteiger partial charge in [-0.15, -0.1) is 0 Å².